The van der Waals surface area contributed by atoms with Crippen molar-refractivity contribution in [2.75, 3.05) is 41.7 Å². The monoisotopic (exact) mass is 334 g/mol. The lowest BCUT2D eigenvalue weighted by Crippen LogP contribution is -2.36. The Labute approximate surface area is 142 Å². The summed E-state index contributed by atoms with van der Waals surface area (Å²) in [5.74, 6) is 1.47. The van der Waals surface area contributed by atoms with Crippen LogP contribution in [0.5, 0.6) is 0 Å². The molecule has 0 saturated carbocycles. The van der Waals surface area contributed by atoms with Crippen LogP contribution >= 0.6 is 0 Å². The molecule has 0 aromatic carbocycles. The maximum Gasteiger partial charge on any atom is 0.353 e. The van der Waals surface area contributed by atoms with Gasteiger partial charge in [0.25, 0.3) is 0 Å². The third kappa shape index (κ3) is 3.52. The SMILES string of the molecule is C[C@H]1CCCN(c2nc(N)c([N+](=O)[O-])c(N3CCCCCC3)n2)C1. The van der Waals surface area contributed by atoms with Crippen molar-refractivity contribution in [1.29, 1.82) is 0 Å². The van der Waals surface area contributed by atoms with E-state index >= 15 is 0 Å². The lowest BCUT2D eigenvalue weighted by Gasteiger charge is -2.31. The van der Waals surface area contributed by atoms with Crippen molar-refractivity contribution in [2.24, 2.45) is 5.92 Å². The number of hydrogen-bond donors (Lipinski definition) is 1. The van der Waals surface area contributed by atoms with Crippen LogP contribution in [0.2, 0.25) is 0 Å². The Balaban J connectivity index is 1.98. The van der Waals surface area contributed by atoms with Crippen molar-refractivity contribution < 1.29 is 4.92 Å². The van der Waals surface area contributed by atoms with Crippen LogP contribution in [0.3, 0.4) is 0 Å². The third-order valence-electron chi connectivity index (χ3n) is 4.91. The minimum atomic E-state index is -0.446. The lowest BCUT2D eigenvalue weighted by molar-refractivity contribution is -0.383. The Morgan fingerprint density at radius 3 is 2.38 bits per heavy atom. The summed E-state index contributed by atoms with van der Waals surface area (Å²) in [6.45, 7) is 5.52. The van der Waals surface area contributed by atoms with Gasteiger partial charge in [-0.2, -0.15) is 9.97 Å². The van der Waals surface area contributed by atoms with Crippen molar-refractivity contribution in [1.82, 2.24) is 9.97 Å². The lowest BCUT2D eigenvalue weighted by atomic mass is 10.0. The van der Waals surface area contributed by atoms with E-state index in [-0.39, 0.29) is 11.5 Å². The Bertz CT molecular complexity index is 600. The first-order chi connectivity index (χ1) is 11.6. The van der Waals surface area contributed by atoms with E-state index in [1.54, 1.807) is 0 Å². The summed E-state index contributed by atoms with van der Waals surface area (Å²) >= 11 is 0. The number of aromatic nitrogens is 2. The predicted octanol–water partition coefficient (Wildman–Crippen LogP) is 2.58. The van der Waals surface area contributed by atoms with E-state index < -0.39 is 4.92 Å². The van der Waals surface area contributed by atoms with Gasteiger partial charge in [0.05, 0.1) is 4.92 Å². The average molecular weight is 334 g/mol. The van der Waals surface area contributed by atoms with Gasteiger partial charge >= 0.3 is 5.69 Å². The molecule has 1 aromatic heterocycles. The van der Waals surface area contributed by atoms with Gasteiger partial charge < -0.3 is 15.5 Å². The minimum absolute atomic E-state index is 0.0255. The molecule has 0 spiro atoms. The summed E-state index contributed by atoms with van der Waals surface area (Å²) in [6, 6.07) is 0. The number of nitrogens with zero attached hydrogens (tertiary/aromatic N) is 5. The van der Waals surface area contributed by atoms with E-state index in [0.29, 0.717) is 17.7 Å². The number of hydrogen-bond acceptors (Lipinski definition) is 7. The van der Waals surface area contributed by atoms with Gasteiger partial charge in [-0.05, 0) is 31.6 Å². The molecule has 8 heteroatoms. The van der Waals surface area contributed by atoms with Crippen LogP contribution in [0.4, 0.5) is 23.3 Å². The highest BCUT2D eigenvalue weighted by Crippen LogP contribution is 2.34. The molecule has 0 unspecified atom stereocenters. The number of nitro groups is 1. The first-order valence-electron chi connectivity index (χ1n) is 8.88. The molecule has 1 aromatic rings. The molecule has 2 aliphatic rings. The Hall–Kier alpha value is -2.12. The topological polar surface area (TPSA) is 101 Å². The minimum Gasteiger partial charge on any atom is -0.378 e. The van der Waals surface area contributed by atoms with Crippen LogP contribution in [0, 0.1) is 16.0 Å². The Morgan fingerprint density at radius 2 is 1.75 bits per heavy atom. The maximum absolute atomic E-state index is 11.5. The van der Waals surface area contributed by atoms with Gasteiger partial charge in [0.2, 0.25) is 17.6 Å². The highest BCUT2D eigenvalue weighted by atomic mass is 16.6. The molecule has 1 atom stereocenters. The van der Waals surface area contributed by atoms with E-state index in [2.05, 4.69) is 21.8 Å². The van der Waals surface area contributed by atoms with Crippen molar-refractivity contribution in [3.05, 3.63) is 10.1 Å². The number of piperidine rings is 1. The molecule has 2 saturated heterocycles. The van der Waals surface area contributed by atoms with Crippen LogP contribution in [0.25, 0.3) is 0 Å². The van der Waals surface area contributed by atoms with Gasteiger partial charge in [-0.25, -0.2) is 0 Å². The van der Waals surface area contributed by atoms with E-state index in [4.69, 9.17) is 5.73 Å². The van der Waals surface area contributed by atoms with Crippen molar-refractivity contribution in [3.8, 4) is 0 Å². The first kappa shape index (κ1) is 16.7. The molecule has 3 rings (SSSR count). The summed E-state index contributed by atoms with van der Waals surface area (Å²) in [7, 11) is 0. The molecular formula is C16H26N6O2. The summed E-state index contributed by atoms with van der Waals surface area (Å²) < 4.78 is 0. The van der Waals surface area contributed by atoms with Crippen molar-refractivity contribution in [2.45, 2.75) is 45.4 Å². The van der Waals surface area contributed by atoms with Gasteiger partial charge in [-0.3, -0.25) is 10.1 Å². The molecule has 24 heavy (non-hydrogen) atoms. The zero-order chi connectivity index (χ0) is 17.1. The Morgan fingerprint density at radius 1 is 1.08 bits per heavy atom. The van der Waals surface area contributed by atoms with Crippen LogP contribution < -0.4 is 15.5 Å². The fourth-order valence-electron chi connectivity index (χ4n) is 3.64. The summed E-state index contributed by atoms with van der Waals surface area (Å²) in [6.07, 6.45) is 6.63. The van der Waals surface area contributed by atoms with Gasteiger partial charge in [0.15, 0.2) is 0 Å². The van der Waals surface area contributed by atoms with E-state index in [1.807, 2.05) is 4.90 Å². The van der Waals surface area contributed by atoms with Gasteiger partial charge in [-0.1, -0.05) is 19.8 Å². The molecule has 0 amide bonds. The number of anilines is 3. The smallest absolute Gasteiger partial charge is 0.353 e. The quantitative estimate of drug-likeness (QED) is 0.669. The second kappa shape index (κ2) is 7.19. The normalized spacial score (nSPS) is 22.3. The van der Waals surface area contributed by atoms with Crippen molar-refractivity contribution >= 4 is 23.3 Å². The zero-order valence-electron chi connectivity index (χ0n) is 14.3. The number of rotatable bonds is 3. The fraction of sp³-hybridized carbons (Fsp3) is 0.750. The summed E-state index contributed by atoms with van der Waals surface area (Å²) in [5.41, 5.74) is 5.82. The van der Waals surface area contributed by atoms with E-state index in [1.165, 1.54) is 6.42 Å². The zero-order valence-corrected chi connectivity index (χ0v) is 14.3. The molecule has 2 N–H and O–H groups in total. The predicted molar refractivity (Wildman–Crippen MR) is 94.4 cm³/mol. The highest BCUT2D eigenvalue weighted by Gasteiger charge is 2.30. The average Bonchev–Trinajstić information content (AvgIpc) is 2.83. The number of nitrogens with two attached hydrogens (primary N) is 1. The molecular weight excluding hydrogens is 308 g/mol. The molecule has 0 radical (unpaired) electrons. The molecule has 2 fully saturated rings. The molecule has 2 aliphatic heterocycles. The first-order valence-corrected chi connectivity index (χ1v) is 8.88. The second-order valence-electron chi connectivity index (χ2n) is 6.93. The molecule has 8 nitrogen and oxygen atoms in total. The van der Waals surface area contributed by atoms with E-state index in [0.717, 1.165) is 58.3 Å². The molecule has 3 heterocycles. The fourth-order valence-corrected chi connectivity index (χ4v) is 3.64. The van der Waals surface area contributed by atoms with Crippen LogP contribution in [0.15, 0.2) is 0 Å². The second-order valence-corrected chi connectivity index (χ2v) is 6.93. The largest absolute Gasteiger partial charge is 0.378 e. The van der Waals surface area contributed by atoms with Crippen LogP contribution in [-0.4, -0.2) is 41.1 Å². The summed E-state index contributed by atoms with van der Waals surface area (Å²) in [5, 5.41) is 11.5. The molecule has 132 valence electrons. The Kier molecular flexibility index (Phi) is 5.01. The van der Waals surface area contributed by atoms with Crippen LogP contribution in [-0.2, 0) is 0 Å². The maximum atomic E-state index is 11.5. The number of nitrogen functional groups attached to an aromatic ring is 1. The summed E-state index contributed by atoms with van der Waals surface area (Å²) in [4.78, 5) is 24.0. The molecule has 0 bridgehead atoms. The third-order valence-corrected chi connectivity index (χ3v) is 4.91. The van der Waals surface area contributed by atoms with Gasteiger partial charge in [0.1, 0.15) is 0 Å². The van der Waals surface area contributed by atoms with Gasteiger partial charge in [-0.15, -0.1) is 0 Å². The van der Waals surface area contributed by atoms with E-state index in [9.17, 15) is 10.1 Å². The molecule has 0 aliphatic carbocycles. The van der Waals surface area contributed by atoms with Gasteiger partial charge in [0, 0.05) is 26.2 Å². The standard InChI is InChI=1S/C16H26N6O2/c1-12-7-6-10-21(11-12)16-18-14(17)13(22(23)24)15(19-16)20-8-4-2-3-5-9-20/h12H,2-11H2,1H3,(H2,17,18,19)/t12-/m0/s1. The van der Waals surface area contributed by atoms with Crippen LogP contribution in [0.1, 0.15) is 45.4 Å². The van der Waals surface area contributed by atoms with Crippen molar-refractivity contribution in [3.63, 3.8) is 0 Å². The highest BCUT2D eigenvalue weighted by molar-refractivity contribution is 5.71.